The lowest BCUT2D eigenvalue weighted by atomic mass is 9.48. The van der Waals surface area contributed by atoms with E-state index in [4.69, 9.17) is 4.74 Å². The van der Waals surface area contributed by atoms with Crippen molar-refractivity contribution in [3.63, 3.8) is 0 Å². The molecular formula is C26H20N2O5. The summed E-state index contributed by atoms with van der Waals surface area (Å²) >= 11 is 0. The molecule has 2 amide bonds. The van der Waals surface area contributed by atoms with Crippen molar-refractivity contribution in [3.8, 4) is 5.75 Å². The van der Waals surface area contributed by atoms with Crippen LogP contribution in [0.15, 0.2) is 66.7 Å². The molecule has 164 valence electrons. The number of benzene rings is 3. The summed E-state index contributed by atoms with van der Waals surface area (Å²) in [6.45, 7) is 2.02. The van der Waals surface area contributed by atoms with E-state index in [9.17, 15) is 19.7 Å². The number of carbonyl (C=O) groups excluding carboxylic acids is 2. The zero-order valence-electron chi connectivity index (χ0n) is 18.0. The van der Waals surface area contributed by atoms with E-state index >= 15 is 0 Å². The molecule has 0 saturated carbocycles. The fourth-order valence-corrected chi connectivity index (χ4v) is 6.35. The Balaban J connectivity index is 1.59. The van der Waals surface area contributed by atoms with E-state index in [1.165, 1.54) is 25.3 Å². The van der Waals surface area contributed by atoms with Crippen LogP contribution in [0.2, 0.25) is 0 Å². The molecule has 2 bridgehead atoms. The maximum absolute atomic E-state index is 13.9. The van der Waals surface area contributed by atoms with Gasteiger partial charge in [0.05, 0.1) is 29.9 Å². The predicted molar refractivity (Wildman–Crippen MR) is 120 cm³/mol. The highest BCUT2D eigenvalue weighted by molar-refractivity contribution is 6.24. The monoisotopic (exact) mass is 440 g/mol. The lowest BCUT2D eigenvalue weighted by Gasteiger charge is -2.52. The van der Waals surface area contributed by atoms with Gasteiger partial charge in [0.25, 0.3) is 5.69 Å². The van der Waals surface area contributed by atoms with Gasteiger partial charge in [-0.1, -0.05) is 55.5 Å². The first kappa shape index (κ1) is 19.7. The van der Waals surface area contributed by atoms with Crippen molar-refractivity contribution in [2.75, 3.05) is 12.0 Å². The minimum atomic E-state index is -0.713. The molecule has 1 saturated heterocycles. The van der Waals surface area contributed by atoms with Gasteiger partial charge in [-0.15, -0.1) is 0 Å². The van der Waals surface area contributed by atoms with Crippen molar-refractivity contribution in [1.29, 1.82) is 0 Å². The Morgan fingerprint density at radius 1 is 0.939 bits per heavy atom. The van der Waals surface area contributed by atoms with Crippen LogP contribution < -0.4 is 9.64 Å². The summed E-state index contributed by atoms with van der Waals surface area (Å²) in [7, 11) is 1.41. The number of rotatable bonds is 3. The van der Waals surface area contributed by atoms with Crippen molar-refractivity contribution in [2.24, 2.45) is 11.8 Å². The Labute approximate surface area is 189 Å². The first-order valence-corrected chi connectivity index (χ1v) is 10.8. The first-order chi connectivity index (χ1) is 15.9. The van der Waals surface area contributed by atoms with Crippen molar-refractivity contribution < 1.29 is 19.2 Å². The average Bonchev–Trinajstić information content (AvgIpc) is 3.10. The molecular weight excluding hydrogens is 420 g/mol. The molecule has 0 aromatic heterocycles. The number of carbonyl (C=O) groups is 2. The highest BCUT2D eigenvalue weighted by atomic mass is 16.6. The van der Waals surface area contributed by atoms with Crippen LogP contribution in [0.5, 0.6) is 5.75 Å². The molecule has 0 radical (unpaired) electrons. The molecule has 1 aliphatic heterocycles. The standard InChI is InChI=1S/C26H20N2O5/c1-26-17-9-5-3-7-15(17)21(16-8-4-6-10-18(16)26)22-23(26)25(30)27(24(22)29)19-12-11-14(33-2)13-20(19)28(31)32/h3-13,21-23H,1-2H3/t21?,22-,23-,26?/m0/s1. The van der Waals surface area contributed by atoms with E-state index in [1.807, 2.05) is 55.5 Å². The van der Waals surface area contributed by atoms with E-state index in [0.717, 1.165) is 27.2 Å². The number of anilines is 1. The van der Waals surface area contributed by atoms with Crippen molar-refractivity contribution in [3.05, 3.63) is 99.1 Å². The predicted octanol–water partition coefficient (Wildman–Crippen LogP) is 4.17. The van der Waals surface area contributed by atoms with Gasteiger partial charge in [0.15, 0.2) is 0 Å². The zero-order chi connectivity index (χ0) is 23.1. The molecule has 3 aliphatic carbocycles. The number of nitro groups is 1. The maximum Gasteiger partial charge on any atom is 0.297 e. The summed E-state index contributed by atoms with van der Waals surface area (Å²) in [5.41, 5.74) is 3.13. The smallest absolute Gasteiger partial charge is 0.297 e. The van der Waals surface area contributed by atoms with E-state index in [2.05, 4.69) is 0 Å². The lowest BCUT2D eigenvalue weighted by Crippen LogP contribution is -2.51. The second-order valence-corrected chi connectivity index (χ2v) is 8.98. The van der Waals surface area contributed by atoms with Crippen LogP contribution in [0.3, 0.4) is 0 Å². The quantitative estimate of drug-likeness (QED) is 0.346. The summed E-state index contributed by atoms with van der Waals surface area (Å²) in [5, 5.41) is 11.8. The summed E-state index contributed by atoms with van der Waals surface area (Å²) < 4.78 is 5.12. The Hall–Kier alpha value is -4.00. The number of amides is 2. The topological polar surface area (TPSA) is 89.8 Å². The number of imide groups is 1. The average molecular weight is 440 g/mol. The molecule has 3 aromatic carbocycles. The van der Waals surface area contributed by atoms with Gasteiger partial charge in [-0.3, -0.25) is 19.7 Å². The van der Waals surface area contributed by atoms with Crippen LogP contribution in [-0.2, 0) is 15.0 Å². The maximum atomic E-state index is 13.9. The van der Waals surface area contributed by atoms with Crippen LogP contribution in [0.1, 0.15) is 35.1 Å². The summed E-state index contributed by atoms with van der Waals surface area (Å²) in [4.78, 5) is 40.1. The van der Waals surface area contributed by atoms with Crippen molar-refractivity contribution in [1.82, 2.24) is 0 Å². The van der Waals surface area contributed by atoms with Crippen LogP contribution in [0.25, 0.3) is 0 Å². The molecule has 0 unspecified atom stereocenters. The van der Waals surface area contributed by atoms with Crippen LogP contribution in [-0.4, -0.2) is 23.8 Å². The summed E-state index contributed by atoms with van der Waals surface area (Å²) in [6.07, 6.45) is 0. The number of ether oxygens (including phenoxy) is 1. The Bertz CT molecular complexity index is 1330. The molecule has 0 spiro atoms. The lowest BCUT2D eigenvalue weighted by molar-refractivity contribution is -0.384. The molecule has 33 heavy (non-hydrogen) atoms. The van der Waals surface area contributed by atoms with E-state index in [0.29, 0.717) is 0 Å². The molecule has 4 aliphatic rings. The molecule has 0 N–H and O–H groups in total. The zero-order valence-corrected chi connectivity index (χ0v) is 18.0. The Morgan fingerprint density at radius 3 is 2.12 bits per heavy atom. The van der Waals surface area contributed by atoms with Crippen LogP contribution >= 0.6 is 0 Å². The van der Waals surface area contributed by atoms with Gasteiger partial charge in [0.1, 0.15) is 11.4 Å². The third-order valence-electron chi connectivity index (χ3n) is 7.66. The molecule has 7 rings (SSSR count). The van der Waals surface area contributed by atoms with E-state index in [-0.39, 0.29) is 23.0 Å². The number of hydrogen-bond donors (Lipinski definition) is 0. The largest absolute Gasteiger partial charge is 0.496 e. The summed E-state index contributed by atoms with van der Waals surface area (Å²) in [5.74, 6) is -2.03. The highest BCUT2D eigenvalue weighted by Gasteiger charge is 2.66. The Morgan fingerprint density at radius 2 is 1.55 bits per heavy atom. The van der Waals surface area contributed by atoms with Gasteiger partial charge < -0.3 is 4.74 Å². The fraction of sp³-hybridized carbons (Fsp3) is 0.231. The minimum Gasteiger partial charge on any atom is -0.496 e. The highest BCUT2D eigenvalue weighted by Crippen LogP contribution is 2.64. The van der Waals surface area contributed by atoms with Gasteiger partial charge in [0, 0.05) is 11.3 Å². The van der Waals surface area contributed by atoms with Crippen molar-refractivity contribution in [2.45, 2.75) is 18.3 Å². The van der Waals surface area contributed by atoms with Crippen LogP contribution in [0.4, 0.5) is 11.4 Å². The van der Waals surface area contributed by atoms with Gasteiger partial charge in [-0.25, -0.2) is 4.90 Å². The fourth-order valence-electron chi connectivity index (χ4n) is 6.35. The third kappa shape index (κ3) is 2.29. The molecule has 1 fully saturated rings. The molecule has 7 nitrogen and oxygen atoms in total. The van der Waals surface area contributed by atoms with Gasteiger partial charge in [0.2, 0.25) is 11.8 Å². The normalized spacial score (nSPS) is 26.6. The Kier molecular flexibility index (Phi) is 3.88. The van der Waals surface area contributed by atoms with Crippen LogP contribution in [0, 0.1) is 22.0 Å². The number of nitrogens with zero attached hydrogens (tertiary/aromatic N) is 2. The SMILES string of the molecule is COc1ccc(N2C(=O)[C@@H]3[C@@H](C2=O)C2c4ccccc4C3(C)c3ccccc32)c([N+](=O)[O-])c1. The van der Waals surface area contributed by atoms with Gasteiger partial charge in [-0.05, 0) is 34.4 Å². The third-order valence-corrected chi connectivity index (χ3v) is 7.66. The number of hydrogen-bond acceptors (Lipinski definition) is 5. The number of nitro benzene ring substituents is 1. The minimum absolute atomic E-state index is 0.0127. The van der Waals surface area contributed by atoms with Gasteiger partial charge in [-0.2, -0.15) is 0 Å². The molecule has 3 aromatic rings. The second-order valence-electron chi connectivity index (χ2n) is 8.98. The number of methoxy groups -OCH3 is 1. The molecule has 1 heterocycles. The van der Waals surface area contributed by atoms with Crippen molar-refractivity contribution >= 4 is 23.2 Å². The van der Waals surface area contributed by atoms with E-state index in [1.54, 1.807) is 0 Å². The van der Waals surface area contributed by atoms with E-state index < -0.39 is 34.0 Å². The second kappa shape index (κ2) is 6.51. The molecule has 7 heteroatoms. The first-order valence-electron chi connectivity index (χ1n) is 10.8. The van der Waals surface area contributed by atoms with Gasteiger partial charge >= 0.3 is 0 Å². The summed E-state index contributed by atoms with van der Waals surface area (Å²) in [6, 6.07) is 20.1. The molecule has 2 atom stereocenters.